The zero-order chi connectivity index (χ0) is 20.8. The third-order valence-corrected chi connectivity index (χ3v) is 5.54. The van der Waals surface area contributed by atoms with Crippen LogP contribution >= 0.6 is 0 Å². The van der Waals surface area contributed by atoms with E-state index < -0.39 is 0 Å². The highest BCUT2D eigenvalue weighted by molar-refractivity contribution is 6.08. The van der Waals surface area contributed by atoms with Gasteiger partial charge in [-0.2, -0.15) is 5.10 Å². The van der Waals surface area contributed by atoms with Gasteiger partial charge in [0.2, 0.25) is 0 Å². The van der Waals surface area contributed by atoms with E-state index in [1.54, 1.807) is 11.7 Å². The number of rotatable bonds is 3. The molecular formula is C24H21N5O. The molecule has 2 aromatic carbocycles. The van der Waals surface area contributed by atoms with Crippen molar-refractivity contribution >= 4 is 27.6 Å². The Morgan fingerprint density at radius 1 is 0.967 bits per heavy atom. The highest BCUT2D eigenvalue weighted by Crippen LogP contribution is 2.33. The molecule has 0 radical (unpaired) electrons. The molecule has 5 rings (SSSR count). The molecule has 0 fully saturated rings. The van der Waals surface area contributed by atoms with Gasteiger partial charge in [-0.25, -0.2) is 0 Å². The van der Waals surface area contributed by atoms with Crippen LogP contribution in [0, 0.1) is 0 Å². The van der Waals surface area contributed by atoms with E-state index in [2.05, 4.69) is 57.9 Å². The monoisotopic (exact) mass is 395 g/mol. The second-order valence-electron chi connectivity index (χ2n) is 7.46. The zero-order valence-corrected chi connectivity index (χ0v) is 17.0. The molecule has 0 aliphatic heterocycles. The van der Waals surface area contributed by atoms with Crippen molar-refractivity contribution in [2.24, 2.45) is 14.1 Å². The van der Waals surface area contributed by atoms with Crippen LogP contribution in [0.4, 0.5) is 0 Å². The van der Waals surface area contributed by atoms with Gasteiger partial charge in [0.25, 0.3) is 5.91 Å². The standard InChI is InChI=1S/C24H21N5O/c1-25-24(30)21-14-28(2)23-8-7-16(9-19(21)23)18-6-4-5-15-10-22(26-12-20(15)18)17-11-27-29(3)13-17/h4-14H,1-3H3,(H,25,30). The molecule has 0 saturated carbocycles. The Bertz CT molecular complexity index is 1430. The molecule has 1 amide bonds. The lowest BCUT2D eigenvalue weighted by molar-refractivity contribution is 0.0964. The third-order valence-electron chi connectivity index (χ3n) is 5.54. The summed E-state index contributed by atoms with van der Waals surface area (Å²) in [5.41, 5.74) is 5.73. The van der Waals surface area contributed by atoms with Crippen LogP contribution in [0.15, 0.2) is 67.3 Å². The lowest BCUT2D eigenvalue weighted by Crippen LogP contribution is -2.17. The molecule has 3 heterocycles. The van der Waals surface area contributed by atoms with Crippen LogP contribution in [0.2, 0.25) is 0 Å². The minimum Gasteiger partial charge on any atom is -0.355 e. The van der Waals surface area contributed by atoms with Crippen molar-refractivity contribution in [2.75, 3.05) is 7.05 Å². The first-order valence-electron chi connectivity index (χ1n) is 9.74. The summed E-state index contributed by atoms with van der Waals surface area (Å²) < 4.78 is 3.76. The first-order chi connectivity index (χ1) is 14.5. The Morgan fingerprint density at radius 2 is 1.83 bits per heavy atom. The van der Waals surface area contributed by atoms with Crippen LogP contribution in [0.25, 0.3) is 44.1 Å². The van der Waals surface area contributed by atoms with Gasteiger partial charge in [-0.1, -0.05) is 24.3 Å². The van der Waals surface area contributed by atoms with Crippen molar-refractivity contribution in [3.63, 3.8) is 0 Å². The van der Waals surface area contributed by atoms with Crippen molar-refractivity contribution in [1.29, 1.82) is 0 Å². The average molecular weight is 395 g/mol. The molecule has 0 unspecified atom stereocenters. The van der Waals surface area contributed by atoms with Gasteiger partial charge in [0.05, 0.1) is 17.5 Å². The molecule has 1 N–H and O–H groups in total. The van der Waals surface area contributed by atoms with Crippen molar-refractivity contribution < 1.29 is 4.79 Å². The molecule has 6 heteroatoms. The first-order valence-corrected chi connectivity index (χ1v) is 9.74. The zero-order valence-electron chi connectivity index (χ0n) is 17.0. The number of hydrogen-bond acceptors (Lipinski definition) is 3. The largest absolute Gasteiger partial charge is 0.355 e. The Kier molecular flexibility index (Phi) is 4.13. The van der Waals surface area contributed by atoms with Crippen molar-refractivity contribution in [2.45, 2.75) is 0 Å². The van der Waals surface area contributed by atoms with Crippen LogP contribution < -0.4 is 5.32 Å². The lowest BCUT2D eigenvalue weighted by Gasteiger charge is -2.09. The van der Waals surface area contributed by atoms with Crippen LogP contribution in [-0.2, 0) is 14.1 Å². The predicted octanol–water partition coefficient (Wildman–Crippen LogP) is 4.15. The summed E-state index contributed by atoms with van der Waals surface area (Å²) in [6.45, 7) is 0. The van der Waals surface area contributed by atoms with Crippen molar-refractivity contribution in [3.05, 3.63) is 72.8 Å². The topological polar surface area (TPSA) is 64.7 Å². The van der Waals surface area contributed by atoms with Gasteiger partial charge in [0.1, 0.15) is 0 Å². The van der Waals surface area contributed by atoms with E-state index in [1.807, 2.05) is 43.4 Å². The fourth-order valence-corrected chi connectivity index (χ4v) is 4.01. The fraction of sp³-hybridized carbons (Fsp3) is 0.125. The number of carbonyl (C=O) groups is 1. The van der Waals surface area contributed by atoms with Crippen LogP contribution in [0.5, 0.6) is 0 Å². The van der Waals surface area contributed by atoms with Gasteiger partial charge < -0.3 is 9.88 Å². The summed E-state index contributed by atoms with van der Waals surface area (Å²) in [5, 5.41) is 10.1. The summed E-state index contributed by atoms with van der Waals surface area (Å²) >= 11 is 0. The van der Waals surface area contributed by atoms with E-state index in [9.17, 15) is 4.79 Å². The number of aryl methyl sites for hydroxylation is 2. The number of nitrogens with zero attached hydrogens (tertiary/aromatic N) is 4. The highest BCUT2D eigenvalue weighted by Gasteiger charge is 2.15. The Labute approximate surface area is 173 Å². The molecule has 0 saturated heterocycles. The average Bonchev–Trinajstić information content (AvgIpc) is 3.35. The summed E-state index contributed by atoms with van der Waals surface area (Å²) in [5.74, 6) is -0.0848. The molecule has 0 atom stereocenters. The number of carbonyl (C=O) groups excluding carboxylic acids is 1. The van der Waals surface area contributed by atoms with Gasteiger partial charge in [0, 0.05) is 61.6 Å². The predicted molar refractivity (Wildman–Crippen MR) is 119 cm³/mol. The molecular weight excluding hydrogens is 374 g/mol. The molecule has 3 aromatic heterocycles. The maximum absolute atomic E-state index is 12.3. The second kappa shape index (κ2) is 6.84. The first kappa shape index (κ1) is 18.1. The normalized spacial score (nSPS) is 11.3. The fourth-order valence-electron chi connectivity index (χ4n) is 4.01. The second-order valence-corrected chi connectivity index (χ2v) is 7.46. The number of hydrogen-bond donors (Lipinski definition) is 1. The molecule has 6 nitrogen and oxygen atoms in total. The van der Waals surface area contributed by atoms with Crippen molar-refractivity contribution in [1.82, 2.24) is 24.6 Å². The summed E-state index contributed by atoms with van der Waals surface area (Å²) in [6.07, 6.45) is 7.57. The quantitative estimate of drug-likeness (QED) is 0.499. The summed E-state index contributed by atoms with van der Waals surface area (Å²) in [4.78, 5) is 17.0. The molecule has 0 aliphatic carbocycles. The maximum atomic E-state index is 12.3. The summed E-state index contributed by atoms with van der Waals surface area (Å²) in [6, 6.07) is 14.6. The number of fused-ring (bicyclic) bond motifs is 2. The number of aromatic nitrogens is 4. The SMILES string of the molecule is CNC(=O)c1cn(C)c2ccc(-c3cccc4cc(-c5cnn(C)c5)ncc34)cc12. The van der Waals surface area contributed by atoms with Gasteiger partial charge in [-0.3, -0.25) is 14.5 Å². The minimum atomic E-state index is -0.0848. The van der Waals surface area contributed by atoms with Crippen LogP contribution in [0.3, 0.4) is 0 Å². The van der Waals surface area contributed by atoms with E-state index in [0.29, 0.717) is 5.56 Å². The molecule has 0 bridgehead atoms. The van der Waals surface area contributed by atoms with Crippen LogP contribution in [0.1, 0.15) is 10.4 Å². The number of benzene rings is 2. The third kappa shape index (κ3) is 2.85. The Hall–Kier alpha value is -3.93. The summed E-state index contributed by atoms with van der Waals surface area (Å²) in [7, 11) is 5.51. The molecule has 0 spiro atoms. The molecule has 0 aliphatic rings. The molecule has 30 heavy (non-hydrogen) atoms. The Morgan fingerprint density at radius 3 is 2.60 bits per heavy atom. The number of amides is 1. The Balaban J connectivity index is 1.67. The van der Waals surface area contributed by atoms with Gasteiger partial charge in [0.15, 0.2) is 0 Å². The van der Waals surface area contributed by atoms with E-state index in [-0.39, 0.29) is 5.91 Å². The van der Waals surface area contributed by atoms with E-state index in [1.165, 1.54) is 0 Å². The van der Waals surface area contributed by atoms with E-state index >= 15 is 0 Å². The smallest absolute Gasteiger partial charge is 0.253 e. The lowest BCUT2D eigenvalue weighted by atomic mass is 9.97. The van der Waals surface area contributed by atoms with E-state index in [4.69, 9.17) is 0 Å². The van der Waals surface area contributed by atoms with Gasteiger partial charge in [-0.15, -0.1) is 0 Å². The molecule has 148 valence electrons. The number of pyridine rings is 1. The maximum Gasteiger partial charge on any atom is 0.253 e. The minimum absolute atomic E-state index is 0.0848. The van der Waals surface area contributed by atoms with E-state index in [0.717, 1.165) is 44.1 Å². The van der Waals surface area contributed by atoms with Gasteiger partial charge in [-0.05, 0) is 34.7 Å². The van der Waals surface area contributed by atoms with Gasteiger partial charge >= 0.3 is 0 Å². The number of nitrogens with one attached hydrogen (secondary N) is 1. The highest BCUT2D eigenvalue weighted by atomic mass is 16.1. The van der Waals surface area contributed by atoms with Crippen molar-refractivity contribution in [3.8, 4) is 22.4 Å². The van der Waals surface area contributed by atoms with Crippen LogP contribution in [-0.4, -0.2) is 32.3 Å². The molecule has 5 aromatic rings.